The molecule has 0 radical (unpaired) electrons. The predicted octanol–water partition coefficient (Wildman–Crippen LogP) is 7.33. The Bertz CT molecular complexity index is 1820. The Balaban J connectivity index is 1.17. The smallest absolute Gasteiger partial charge is 0.286 e. The monoisotopic (exact) mass is 699 g/mol. The minimum Gasteiger partial charge on any atom is -0.490 e. The summed E-state index contributed by atoms with van der Waals surface area (Å²) in [6.45, 7) is 6.36. The highest BCUT2D eigenvalue weighted by molar-refractivity contribution is 7.92. The molecule has 2 aliphatic heterocycles. The number of carbonyl (C=O) groups excluding carboxylic acids is 2. The van der Waals surface area contributed by atoms with Gasteiger partial charge in [-0.15, -0.1) is 4.36 Å². The largest absolute Gasteiger partial charge is 0.490 e. The summed E-state index contributed by atoms with van der Waals surface area (Å²) in [6.07, 6.45) is 15.7. The molecule has 50 heavy (non-hydrogen) atoms. The number of hydrogen-bond donors (Lipinski definition) is 1. The van der Waals surface area contributed by atoms with Gasteiger partial charge >= 0.3 is 0 Å². The van der Waals surface area contributed by atoms with Crippen LogP contribution in [0.25, 0.3) is 0 Å². The second-order valence-electron chi connectivity index (χ2n) is 16.7. The first-order valence-electron chi connectivity index (χ1n) is 19.0. The highest BCUT2D eigenvalue weighted by Crippen LogP contribution is 2.58. The number of methoxy groups -OCH3 is 1. The van der Waals surface area contributed by atoms with Crippen molar-refractivity contribution in [3.05, 3.63) is 70.8 Å². The van der Waals surface area contributed by atoms with Crippen LogP contribution in [0.2, 0.25) is 0 Å². The summed E-state index contributed by atoms with van der Waals surface area (Å²) in [7, 11) is -1.58. The number of aryl methyl sites for hydroxylation is 2. The van der Waals surface area contributed by atoms with Crippen molar-refractivity contribution in [3.8, 4) is 5.75 Å². The molecule has 2 aromatic rings. The van der Waals surface area contributed by atoms with Crippen molar-refractivity contribution >= 4 is 27.4 Å². The fourth-order valence-electron chi connectivity index (χ4n) is 10.0. The zero-order valence-electron chi connectivity index (χ0n) is 30.0. The number of benzene rings is 2. The first-order valence-corrected chi connectivity index (χ1v) is 20.7. The lowest BCUT2D eigenvalue weighted by Crippen LogP contribution is -2.50. The molecule has 1 unspecified atom stereocenters. The van der Waals surface area contributed by atoms with Gasteiger partial charge in [-0.25, -0.2) is 4.21 Å². The molecule has 8 nitrogen and oxygen atoms in total. The summed E-state index contributed by atoms with van der Waals surface area (Å²) in [6, 6.07) is 12.4. The SMILES string of the molecule is CO[C@H]1/C=C/C[C@H](C)CS(=O)(NC(=O)C2CC3(CCC3)C2)=NC(=O)c2ccc3c(c2)N(C[C@@H]2CC[C@H]21)C[C@@]1(CCCc2cc(C)ccc21)CO3. The van der Waals surface area contributed by atoms with Gasteiger partial charge in [0, 0.05) is 37.1 Å². The number of ether oxygens (including phenoxy) is 2. The third kappa shape index (κ3) is 6.31. The van der Waals surface area contributed by atoms with Gasteiger partial charge < -0.3 is 14.4 Å². The Morgan fingerprint density at radius 3 is 2.68 bits per heavy atom. The van der Waals surface area contributed by atoms with Gasteiger partial charge in [-0.3, -0.25) is 14.3 Å². The molecule has 6 atom stereocenters. The second kappa shape index (κ2) is 13.1. The van der Waals surface area contributed by atoms with Crippen LogP contribution in [-0.2, 0) is 31.3 Å². The van der Waals surface area contributed by atoms with E-state index in [2.05, 4.69) is 51.3 Å². The number of nitrogens with one attached hydrogen (secondary N) is 1. The Labute approximate surface area is 298 Å². The predicted molar refractivity (Wildman–Crippen MR) is 197 cm³/mol. The minimum atomic E-state index is -3.37. The van der Waals surface area contributed by atoms with E-state index in [-0.39, 0.29) is 35.0 Å². The van der Waals surface area contributed by atoms with Crippen molar-refractivity contribution in [2.45, 2.75) is 96.0 Å². The number of carbonyl (C=O) groups is 2. The highest BCUT2D eigenvalue weighted by atomic mass is 32.2. The molecule has 2 aromatic carbocycles. The second-order valence-corrected chi connectivity index (χ2v) is 18.7. The van der Waals surface area contributed by atoms with Crippen molar-refractivity contribution in [1.29, 1.82) is 0 Å². The summed E-state index contributed by atoms with van der Waals surface area (Å²) in [5, 5.41) is 0. The molecular formula is C41H53N3O5S. The summed E-state index contributed by atoms with van der Waals surface area (Å²) in [5.41, 5.74) is 5.45. The third-order valence-corrected chi connectivity index (χ3v) is 15.1. The molecule has 2 heterocycles. The molecule has 2 spiro atoms. The molecule has 8 rings (SSSR count). The van der Waals surface area contributed by atoms with Crippen LogP contribution < -0.4 is 14.4 Å². The molecule has 2 bridgehead atoms. The summed E-state index contributed by atoms with van der Waals surface area (Å²) in [5.74, 6) is 0.672. The van der Waals surface area contributed by atoms with E-state index in [1.807, 2.05) is 19.1 Å². The highest BCUT2D eigenvalue weighted by Gasteiger charge is 2.51. The summed E-state index contributed by atoms with van der Waals surface area (Å²) >= 11 is 0. The van der Waals surface area contributed by atoms with Gasteiger partial charge in [0.2, 0.25) is 5.91 Å². The number of nitrogens with zero attached hydrogens (tertiary/aromatic N) is 2. The lowest BCUT2D eigenvalue weighted by atomic mass is 9.52. The van der Waals surface area contributed by atoms with Crippen LogP contribution in [-0.4, -0.2) is 54.7 Å². The van der Waals surface area contributed by atoms with E-state index in [0.29, 0.717) is 35.8 Å². The Morgan fingerprint density at radius 2 is 1.94 bits per heavy atom. The van der Waals surface area contributed by atoms with Crippen LogP contribution in [0.4, 0.5) is 5.69 Å². The van der Waals surface area contributed by atoms with E-state index in [9.17, 15) is 13.8 Å². The van der Waals surface area contributed by atoms with E-state index in [0.717, 1.165) is 69.5 Å². The molecule has 6 aliphatic rings. The van der Waals surface area contributed by atoms with Crippen LogP contribution >= 0.6 is 0 Å². The average molecular weight is 700 g/mol. The Morgan fingerprint density at radius 1 is 1.10 bits per heavy atom. The zero-order chi connectivity index (χ0) is 34.7. The molecule has 0 saturated heterocycles. The van der Waals surface area contributed by atoms with Gasteiger partial charge in [0.05, 0.1) is 24.2 Å². The molecule has 4 aliphatic carbocycles. The topological polar surface area (TPSA) is 97.3 Å². The average Bonchev–Trinajstić information content (AvgIpc) is 3.17. The number of rotatable bonds is 3. The van der Waals surface area contributed by atoms with Crippen molar-refractivity contribution in [1.82, 2.24) is 4.72 Å². The van der Waals surface area contributed by atoms with Crippen LogP contribution in [0.1, 0.15) is 98.2 Å². The maximum absolute atomic E-state index is 14.6. The van der Waals surface area contributed by atoms with Crippen molar-refractivity contribution in [2.24, 2.45) is 33.4 Å². The van der Waals surface area contributed by atoms with E-state index in [1.54, 1.807) is 13.2 Å². The van der Waals surface area contributed by atoms with Crippen LogP contribution in [0.5, 0.6) is 5.75 Å². The lowest BCUT2D eigenvalue weighted by molar-refractivity contribution is -0.134. The molecule has 9 heteroatoms. The van der Waals surface area contributed by atoms with Crippen LogP contribution in [0.3, 0.4) is 0 Å². The van der Waals surface area contributed by atoms with Gasteiger partial charge in [0.25, 0.3) is 5.91 Å². The number of hydrogen-bond acceptors (Lipinski definition) is 6. The maximum Gasteiger partial charge on any atom is 0.286 e. The summed E-state index contributed by atoms with van der Waals surface area (Å²) < 4.78 is 34.5. The molecule has 2 amide bonds. The fraction of sp³-hybridized carbons (Fsp3) is 0.610. The molecule has 1 N–H and O–H groups in total. The summed E-state index contributed by atoms with van der Waals surface area (Å²) in [4.78, 5) is 29.9. The molecule has 268 valence electrons. The van der Waals surface area contributed by atoms with E-state index >= 15 is 0 Å². The lowest BCUT2D eigenvalue weighted by Gasteiger charge is -2.53. The number of anilines is 1. The number of fused-ring (bicyclic) bond motifs is 4. The molecular weight excluding hydrogens is 647 g/mol. The van der Waals surface area contributed by atoms with Gasteiger partial charge in [-0.05, 0) is 124 Å². The fourth-order valence-corrected chi connectivity index (χ4v) is 12.0. The minimum absolute atomic E-state index is 0.0111. The van der Waals surface area contributed by atoms with Crippen molar-refractivity contribution in [2.75, 3.05) is 37.5 Å². The van der Waals surface area contributed by atoms with E-state index in [4.69, 9.17) is 9.47 Å². The Kier molecular flexibility index (Phi) is 8.90. The molecule has 3 fully saturated rings. The van der Waals surface area contributed by atoms with E-state index in [1.165, 1.54) is 36.0 Å². The third-order valence-electron chi connectivity index (χ3n) is 13.1. The maximum atomic E-state index is 14.6. The Hall–Kier alpha value is -3.17. The zero-order valence-corrected chi connectivity index (χ0v) is 30.8. The molecule has 0 aromatic heterocycles. The van der Waals surface area contributed by atoms with Crippen molar-refractivity contribution < 1.29 is 23.3 Å². The van der Waals surface area contributed by atoms with E-state index < -0.39 is 15.8 Å². The van der Waals surface area contributed by atoms with Gasteiger partial charge in [-0.1, -0.05) is 49.3 Å². The van der Waals surface area contributed by atoms with Gasteiger partial charge in [0.15, 0.2) is 0 Å². The number of amides is 2. The van der Waals surface area contributed by atoms with Crippen LogP contribution in [0.15, 0.2) is 52.9 Å². The van der Waals surface area contributed by atoms with Gasteiger partial charge in [-0.2, -0.15) is 0 Å². The standard InChI is InChI=1S/C41H53N3O5S/c1-27-10-14-34-29(19-27)8-5-18-41(34)25-44-23-31-11-13-33(31)36(48-3)9-4-7-28(2)24-50(47,43-39(46)32-21-40(22-32)16-6-17-40)42-38(45)30-12-15-37(49-26-41)35(44)20-30/h4,9-10,12,14-15,19-20,28,31-33,36H,5-8,11,13,16-18,21-26H2,1-3H3,(H,42,43,45,46,47)/b9-4+/t28-,31-,33+,36-,41-,50?/m0/s1. The first kappa shape index (κ1) is 33.9. The normalized spacial score (nSPS) is 34.1. The van der Waals surface area contributed by atoms with Crippen molar-refractivity contribution in [3.63, 3.8) is 0 Å². The first-order chi connectivity index (χ1) is 24.1. The quantitative estimate of drug-likeness (QED) is 0.337. The number of allylic oxidation sites excluding steroid dienone is 1. The van der Waals surface area contributed by atoms with Gasteiger partial charge in [0.1, 0.15) is 15.7 Å². The van der Waals surface area contributed by atoms with Crippen LogP contribution in [0, 0.1) is 36.0 Å². The molecule has 3 saturated carbocycles.